The predicted octanol–water partition coefficient (Wildman–Crippen LogP) is 3.24. The second kappa shape index (κ2) is 10.1. The number of nitrogens with zero attached hydrogens (tertiary/aromatic N) is 3. The average Bonchev–Trinajstić information content (AvgIpc) is 3.04. The predicted molar refractivity (Wildman–Crippen MR) is 96.4 cm³/mol. The first-order chi connectivity index (χ1) is 11.6. The third kappa shape index (κ3) is 5.84. The van der Waals surface area contributed by atoms with Gasteiger partial charge >= 0.3 is 0 Å². The van der Waals surface area contributed by atoms with Gasteiger partial charge in [0.2, 0.25) is 5.28 Å². The molecule has 0 aromatic carbocycles. The monoisotopic (exact) mass is 356 g/mol. The lowest BCUT2D eigenvalue weighted by Gasteiger charge is -2.20. The van der Waals surface area contributed by atoms with Crippen LogP contribution in [0.25, 0.3) is 0 Å². The van der Waals surface area contributed by atoms with E-state index in [4.69, 9.17) is 21.1 Å². The highest BCUT2D eigenvalue weighted by Gasteiger charge is 2.18. The van der Waals surface area contributed by atoms with Crippen LogP contribution in [0.3, 0.4) is 0 Å². The summed E-state index contributed by atoms with van der Waals surface area (Å²) in [6, 6.07) is 0. The minimum Gasteiger partial charge on any atom is -0.369 e. The fraction of sp³-hybridized carbons (Fsp3) is 0.765. The van der Waals surface area contributed by atoms with Crippen molar-refractivity contribution in [3.63, 3.8) is 0 Å². The van der Waals surface area contributed by atoms with Crippen molar-refractivity contribution in [2.75, 3.05) is 38.2 Å². The lowest BCUT2D eigenvalue weighted by atomic mass is 10.2. The van der Waals surface area contributed by atoms with E-state index in [0.717, 1.165) is 43.1 Å². The van der Waals surface area contributed by atoms with Crippen LogP contribution >= 0.6 is 11.6 Å². The van der Waals surface area contributed by atoms with Crippen LogP contribution in [0.1, 0.15) is 44.4 Å². The molecule has 2 rings (SSSR count). The lowest BCUT2D eigenvalue weighted by molar-refractivity contribution is -0.137. The molecule has 1 aliphatic rings. The highest BCUT2D eigenvalue weighted by Crippen LogP contribution is 2.22. The quantitative estimate of drug-likeness (QED) is 0.513. The first-order valence-corrected chi connectivity index (χ1v) is 9.24. The van der Waals surface area contributed by atoms with Gasteiger partial charge in [0.1, 0.15) is 5.82 Å². The maximum Gasteiger partial charge on any atom is 0.224 e. The highest BCUT2D eigenvalue weighted by atomic mass is 35.5. The topological polar surface area (TPSA) is 59.5 Å². The molecule has 1 aromatic heterocycles. The summed E-state index contributed by atoms with van der Waals surface area (Å²) in [7, 11) is 0. The first-order valence-electron chi connectivity index (χ1n) is 8.86. The summed E-state index contributed by atoms with van der Waals surface area (Å²) in [4.78, 5) is 11.2. The van der Waals surface area contributed by atoms with Gasteiger partial charge in [-0.1, -0.05) is 0 Å². The maximum absolute atomic E-state index is 6.05. The van der Waals surface area contributed by atoms with Crippen molar-refractivity contribution >= 4 is 17.4 Å². The van der Waals surface area contributed by atoms with Gasteiger partial charge in [-0.25, -0.2) is 9.97 Å². The normalized spacial score (nSPS) is 15.4. The van der Waals surface area contributed by atoms with Crippen molar-refractivity contribution in [2.45, 2.75) is 52.9 Å². The largest absolute Gasteiger partial charge is 0.369 e. The molecule has 2 heterocycles. The molecule has 1 aliphatic heterocycles. The van der Waals surface area contributed by atoms with Gasteiger partial charge in [0.15, 0.2) is 6.29 Å². The molecule has 0 spiro atoms. The fourth-order valence-corrected chi connectivity index (χ4v) is 3.17. The van der Waals surface area contributed by atoms with E-state index in [1.165, 1.54) is 12.8 Å². The molecule has 0 radical (unpaired) electrons. The number of ether oxygens (including phenoxy) is 2. The molecule has 1 saturated heterocycles. The Bertz CT molecular complexity index is 504. The molecule has 7 heteroatoms. The number of likely N-dealkylation sites (tertiary alicyclic amines) is 1. The van der Waals surface area contributed by atoms with Crippen molar-refractivity contribution in [2.24, 2.45) is 0 Å². The van der Waals surface area contributed by atoms with Crippen molar-refractivity contribution in [3.8, 4) is 0 Å². The number of hydrogen-bond donors (Lipinski definition) is 1. The van der Waals surface area contributed by atoms with Crippen molar-refractivity contribution in [3.05, 3.63) is 16.5 Å². The Labute approximate surface area is 149 Å². The molecule has 1 aromatic rings. The molecular weight excluding hydrogens is 328 g/mol. The summed E-state index contributed by atoms with van der Waals surface area (Å²) in [5.74, 6) is 0.825. The summed E-state index contributed by atoms with van der Waals surface area (Å²) in [6.07, 6.45) is 3.10. The summed E-state index contributed by atoms with van der Waals surface area (Å²) in [5.41, 5.74) is 2.07. The number of nitrogens with one attached hydrogen (secondary N) is 1. The fourth-order valence-electron chi connectivity index (χ4n) is 2.96. The number of anilines is 1. The van der Waals surface area contributed by atoms with E-state index in [2.05, 4.69) is 20.2 Å². The van der Waals surface area contributed by atoms with E-state index in [0.29, 0.717) is 19.8 Å². The number of hydrogen-bond acceptors (Lipinski definition) is 6. The highest BCUT2D eigenvalue weighted by molar-refractivity contribution is 6.28. The first kappa shape index (κ1) is 19.4. The molecule has 6 nitrogen and oxygen atoms in total. The standard InChI is InChI=1S/C17H29ClN4O2/c1-4-23-15(24-5-2)8-9-19-16-14(12-22-10-6-7-11-22)13(3)20-17(18)21-16/h15H,4-12H2,1-3H3,(H,19,20,21). The molecule has 0 saturated carbocycles. The van der Waals surface area contributed by atoms with Gasteiger partial charge in [-0.05, 0) is 58.3 Å². The zero-order chi connectivity index (χ0) is 17.4. The zero-order valence-electron chi connectivity index (χ0n) is 15.0. The molecule has 0 amide bonds. The van der Waals surface area contributed by atoms with Crippen LogP contribution in [-0.4, -0.2) is 54.0 Å². The summed E-state index contributed by atoms with van der Waals surface area (Å²) >= 11 is 6.05. The molecule has 1 fully saturated rings. The molecule has 1 N–H and O–H groups in total. The van der Waals surface area contributed by atoms with E-state index in [1.807, 2.05) is 20.8 Å². The smallest absolute Gasteiger partial charge is 0.224 e. The van der Waals surface area contributed by atoms with E-state index < -0.39 is 0 Å². The van der Waals surface area contributed by atoms with Crippen LogP contribution in [0, 0.1) is 6.92 Å². The second-order valence-electron chi connectivity index (χ2n) is 5.94. The number of rotatable bonds is 10. The Morgan fingerprint density at radius 2 is 1.83 bits per heavy atom. The number of aromatic nitrogens is 2. The van der Waals surface area contributed by atoms with E-state index in [-0.39, 0.29) is 11.6 Å². The Morgan fingerprint density at radius 3 is 2.46 bits per heavy atom. The van der Waals surface area contributed by atoms with E-state index in [9.17, 15) is 0 Å². The van der Waals surface area contributed by atoms with Crippen LogP contribution < -0.4 is 5.32 Å². The summed E-state index contributed by atoms with van der Waals surface area (Å²) in [5, 5.41) is 3.68. The molecule has 0 unspecified atom stereocenters. The number of halogens is 1. The second-order valence-corrected chi connectivity index (χ2v) is 6.28. The average molecular weight is 357 g/mol. The van der Waals surface area contributed by atoms with Crippen LogP contribution in [0.2, 0.25) is 5.28 Å². The van der Waals surface area contributed by atoms with Crippen LogP contribution in [-0.2, 0) is 16.0 Å². The Kier molecular flexibility index (Phi) is 8.18. The van der Waals surface area contributed by atoms with Crippen molar-refractivity contribution in [1.29, 1.82) is 0 Å². The maximum atomic E-state index is 6.05. The summed E-state index contributed by atoms with van der Waals surface area (Å²) < 4.78 is 11.2. The van der Waals surface area contributed by atoms with Gasteiger partial charge in [-0.15, -0.1) is 0 Å². The Morgan fingerprint density at radius 1 is 1.17 bits per heavy atom. The molecular formula is C17H29ClN4O2. The lowest BCUT2D eigenvalue weighted by Crippen LogP contribution is -2.23. The SMILES string of the molecule is CCOC(CCNc1nc(Cl)nc(C)c1CN1CCCC1)OCC. The minimum atomic E-state index is -0.187. The van der Waals surface area contributed by atoms with Gasteiger partial charge < -0.3 is 14.8 Å². The van der Waals surface area contributed by atoms with Gasteiger partial charge in [0.25, 0.3) is 0 Å². The van der Waals surface area contributed by atoms with Crippen LogP contribution in [0.15, 0.2) is 0 Å². The van der Waals surface area contributed by atoms with Gasteiger partial charge in [-0.3, -0.25) is 4.90 Å². The number of aryl methyl sites for hydroxylation is 1. The van der Waals surface area contributed by atoms with Gasteiger partial charge in [-0.2, -0.15) is 0 Å². The third-order valence-electron chi connectivity index (χ3n) is 4.14. The van der Waals surface area contributed by atoms with Crippen LogP contribution in [0.4, 0.5) is 5.82 Å². The van der Waals surface area contributed by atoms with E-state index in [1.54, 1.807) is 0 Å². The van der Waals surface area contributed by atoms with Crippen molar-refractivity contribution < 1.29 is 9.47 Å². The summed E-state index contributed by atoms with van der Waals surface area (Å²) in [6.45, 7) is 11.1. The Hall–Kier alpha value is -0.950. The van der Waals surface area contributed by atoms with Gasteiger partial charge in [0, 0.05) is 44.0 Å². The Balaban J connectivity index is 1.99. The molecule has 0 bridgehead atoms. The zero-order valence-corrected chi connectivity index (χ0v) is 15.7. The third-order valence-corrected chi connectivity index (χ3v) is 4.31. The van der Waals surface area contributed by atoms with Crippen LogP contribution in [0.5, 0.6) is 0 Å². The molecule has 0 aliphatic carbocycles. The molecule has 136 valence electrons. The van der Waals surface area contributed by atoms with E-state index >= 15 is 0 Å². The minimum absolute atomic E-state index is 0.187. The molecule has 0 atom stereocenters. The molecule has 24 heavy (non-hydrogen) atoms. The van der Waals surface area contributed by atoms with Crippen molar-refractivity contribution in [1.82, 2.24) is 14.9 Å². The van der Waals surface area contributed by atoms with Gasteiger partial charge in [0.05, 0.1) is 0 Å².